The number of benzene rings is 1. The maximum atomic E-state index is 11.4. The predicted octanol–water partition coefficient (Wildman–Crippen LogP) is 2.71. The van der Waals surface area contributed by atoms with Gasteiger partial charge in [0.2, 0.25) is 0 Å². The third-order valence-corrected chi connectivity index (χ3v) is 4.90. The number of carboxylic acids is 1. The molecule has 2 aliphatic rings. The second-order valence-electron chi connectivity index (χ2n) is 4.73. The molecule has 0 saturated heterocycles. The Morgan fingerprint density at radius 2 is 2.24 bits per heavy atom. The molecule has 90 valence electrons. The summed E-state index contributed by atoms with van der Waals surface area (Å²) in [7, 11) is 0. The number of hydrogen-bond acceptors (Lipinski definition) is 3. The first-order chi connectivity index (χ1) is 8.22. The van der Waals surface area contributed by atoms with E-state index in [1.54, 1.807) is 0 Å². The quantitative estimate of drug-likeness (QED) is 0.846. The summed E-state index contributed by atoms with van der Waals surface area (Å²) in [6.45, 7) is 0.960. The monoisotopic (exact) mass is 249 g/mol. The second-order valence-corrected chi connectivity index (χ2v) is 5.86. The molecule has 0 spiro atoms. The molecule has 3 rings (SSSR count). The summed E-state index contributed by atoms with van der Waals surface area (Å²) in [5.41, 5.74) is 1.45. The van der Waals surface area contributed by atoms with Crippen molar-refractivity contribution in [3.63, 3.8) is 0 Å². The molecule has 0 amide bonds. The van der Waals surface area contributed by atoms with E-state index in [1.165, 1.54) is 4.90 Å². The van der Waals surface area contributed by atoms with Gasteiger partial charge in [-0.2, -0.15) is 0 Å². The Hall–Kier alpha value is -1.16. The van der Waals surface area contributed by atoms with Gasteiger partial charge in [0.1, 0.15) is 0 Å². The van der Waals surface area contributed by atoms with Gasteiger partial charge in [-0.25, -0.2) is 0 Å². The smallest absolute Gasteiger partial charge is 0.314 e. The van der Waals surface area contributed by atoms with Crippen LogP contribution >= 0.6 is 11.8 Å². The number of thioether (sulfide) groups is 1. The zero-order valence-electron chi connectivity index (χ0n) is 9.53. The number of nitrogens with one attached hydrogen (secondary N) is 1. The van der Waals surface area contributed by atoms with Crippen LogP contribution in [0.15, 0.2) is 23.1 Å². The van der Waals surface area contributed by atoms with Gasteiger partial charge in [0, 0.05) is 22.9 Å². The maximum absolute atomic E-state index is 11.4. The van der Waals surface area contributed by atoms with Crippen molar-refractivity contribution in [3.05, 3.63) is 23.8 Å². The topological polar surface area (TPSA) is 49.3 Å². The zero-order valence-corrected chi connectivity index (χ0v) is 10.3. The molecule has 0 radical (unpaired) electrons. The summed E-state index contributed by atoms with van der Waals surface area (Å²) in [6.07, 6.45) is 2.56. The van der Waals surface area contributed by atoms with Crippen LogP contribution in [0.1, 0.15) is 24.8 Å². The van der Waals surface area contributed by atoms with E-state index in [0.29, 0.717) is 0 Å². The molecule has 1 saturated carbocycles. The van der Waals surface area contributed by atoms with Crippen LogP contribution in [0.3, 0.4) is 0 Å². The zero-order chi connectivity index (χ0) is 11.9. The molecule has 0 bridgehead atoms. The molecule has 2 N–H and O–H groups in total. The Labute approximate surface area is 105 Å². The van der Waals surface area contributed by atoms with Crippen molar-refractivity contribution in [2.24, 2.45) is 0 Å². The normalized spacial score (nSPS) is 20.9. The van der Waals surface area contributed by atoms with Crippen molar-refractivity contribution < 1.29 is 9.90 Å². The van der Waals surface area contributed by atoms with E-state index in [9.17, 15) is 9.90 Å². The van der Waals surface area contributed by atoms with E-state index in [0.717, 1.165) is 42.8 Å². The van der Waals surface area contributed by atoms with E-state index in [2.05, 4.69) is 11.4 Å². The molecule has 1 aromatic carbocycles. The number of hydrogen-bond donors (Lipinski definition) is 2. The van der Waals surface area contributed by atoms with Crippen LogP contribution in [0.4, 0.5) is 5.69 Å². The van der Waals surface area contributed by atoms with Crippen molar-refractivity contribution in [2.45, 2.75) is 29.6 Å². The Bertz CT molecular complexity index is 468. The lowest BCUT2D eigenvalue weighted by molar-refractivity contribution is -0.147. The van der Waals surface area contributed by atoms with Crippen molar-refractivity contribution in [2.75, 3.05) is 17.6 Å². The lowest BCUT2D eigenvalue weighted by Gasteiger charge is -2.38. The van der Waals surface area contributed by atoms with E-state index in [4.69, 9.17) is 0 Å². The summed E-state index contributed by atoms with van der Waals surface area (Å²) in [5, 5.41) is 12.8. The summed E-state index contributed by atoms with van der Waals surface area (Å²) < 4.78 is 0. The molecular weight excluding hydrogens is 234 g/mol. The molecule has 0 aromatic heterocycles. The first-order valence-corrected chi connectivity index (χ1v) is 6.95. The average Bonchev–Trinajstić information content (AvgIpc) is 2.27. The standard InChI is InChI=1S/C13H15NO2S/c15-12(16)13(4-1-5-13)9-2-3-11-10(8-9)14-6-7-17-11/h2-3,8,14H,1,4-7H2,(H,15,16). The Morgan fingerprint density at radius 1 is 1.41 bits per heavy atom. The van der Waals surface area contributed by atoms with Crippen LogP contribution in [0, 0.1) is 0 Å². The van der Waals surface area contributed by atoms with Crippen LogP contribution in [-0.4, -0.2) is 23.4 Å². The molecule has 3 nitrogen and oxygen atoms in total. The minimum Gasteiger partial charge on any atom is -0.481 e. The van der Waals surface area contributed by atoms with Crippen LogP contribution in [0.2, 0.25) is 0 Å². The molecule has 1 fully saturated rings. The van der Waals surface area contributed by atoms with Gasteiger partial charge in [-0.1, -0.05) is 12.5 Å². The number of rotatable bonds is 2. The Morgan fingerprint density at radius 3 is 2.88 bits per heavy atom. The van der Waals surface area contributed by atoms with E-state index in [-0.39, 0.29) is 0 Å². The van der Waals surface area contributed by atoms with E-state index < -0.39 is 11.4 Å². The van der Waals surface area contributed by atoms with Gasteiger partial charge in [-0.3, -0.25) is 4.79 Å². The van der Waals surface area contributed by atoms with Crippen molar-refractivity contribution in [3.8, 4) is 0 Å². The summed E-state index contributed by atoms with van der Waals surface area (Å²) in [5.74, 6) is 0.406. The van der Waals surface area contributed by atoms with Crippen molar-refractivity contribution >= 4 is 23.4 Å². The highest BCUT2D eigenvalue weighted by molar-refractivity contribution is 7.99. The summed E-state index contributed by atoms with van der Waals surface area (Å²) in [4.78, 5) is 12.7. The SMILES string of the molecule is O=C(O)C1(c2ccc3c(c2)NCCS3)CCC1. The lowest BCUT2D eigenvalue weighted by atomic mass is 9.64. The molecule has 0 unspecified atom stereocenters. The number of carboxylic acid groups (broad SMARTS) is 1. The first-order valence-electron chi connectivity index (χ1n) is 5.97. The molecule has 1 aliphatic carbocycles. The van der Waals surface area contributed by atoms with E-state index in [1.807, 2.05) is 23.9 Å². The van der Waals surface area contributed by atoms with Gasteiger partial charge in [0.25, 0.3) is 0 Å². The van der Waals surface area contributed by atoms with Gasteiger partial charge in [-0.15, -0.1) is 11.8 Å². The number of carbonyl (C=O) groups is 1. The largest absolute Gasteiger partial charge is 0.481 e. The highest BCUT2D eigenvalue weighted by Gasteiger charge is 2.46. The minimum atomic E-state index is -0.674. The molecular formula is C13H15NO2S. The first kappa shape index (κ1) is 11.0. The second kappa shape index (κ2) is 3.95. The number of aliphatic carboxylic acids is 1. The van der Waals surface area contributed by atoms with Crippen LogP contribution in [0.25, 0.3) is 0 Å². The predicted molar refractivity (Wildman–Crippen MR) is 68.8 cm³/mol. The summed E-state index contributed by atoms with van der Waals surface area (Å²) in [6, 6.07) is 6.09. The molecule has 4 heteroatoms. The highest BCUT2D eigenvalue weighted by atomic mass is 32.2. The van der Waals surface area contributed by atoms with Crippen LogP contribution in [-0.2, 0) is 10.2 Å². The maximum Gasteiger partial charge on any atom is 0.314 e. The number of anilines is 1. The van der Waals surface area contributed by atoms with Gasteiger partial charge in [-0.05, 0) is 30.5 Å². The third-order valence-electron chi connectivity index (χ3n) is 3.82. The fraction of sp³-hybridized carbons (Fsp3) is 0.462. The molecule has 1 aromatic rings. The van der Waals surface area contributed by atoms with E-state index >= 15 is 0 Å². The molecule has 17 heavy (non-hydrogen) atoms. The Kier molecular flexibility index (Phi) is 2.54. The van der Waals surface area contributed by atoms with Crippen LogP contribution < -0.4 is 5.32 Å². The molecule has 0 atom stereocenters. The Balaban J connectivity index is 2.01. The van der Waals surface area contributed by atoms with Gasteiger partial charge >= 0.3 is 5.97 Å². The third kappa shape index (κ3) is 1.62. The van der Waals surface area contributed by atoms with Gasteiger partial charge < -0.3 is 10.4 Å². The summed E-state index contributed by atoms with van der Waals surface area (Å²) >= 11 is 1.83. The average molecular weight is 249 g/mol. The van der Waals surface area contributed by atoms with Gasteiger partial charge in [0.05, 0.1) is 5.41 Å². The van der Waals surface area contributed by atoms with Crippen LogP contribution in [0.5, 0.6) is 0 Å². The van der Waals surface area contributed by atoms with Crippen molar-refractivity contribution in [1.29, 1.82) is 0 Å². The number of fused-ring (bicyclic) bond motifs is 1. The minimum absolute atomic E-state index is 0.612. The highest BCUT2D eigenvalue weighted by Crippen LogP contribution is 2.46. The van der Waals surface area contributed by atoms with Crippen molar-refractivity contribution in [1.82, 2.24) is 0 Å². The molecule has 1 aliphatic heterocycles. The van der Waals surface area contributed by atoms with Gasteiger partial charge in [0.15, 0.2) is 0 Å². The molecule has 1 heterocycles. The fourth-order valence-electron chi connectivity index (χ4n) is 2.59. The lowest BCUT2D eigenvalue weighted by Crippen LogP contribution is -2.42. The fourth-order valence-corrected chi connectivity index (χ4v) is 3.47.